The SMILES string of the molecule is C[C@@H]1CN(CC(=O)N2CC(C)(C)c3ncc(Cc4ccccc4)cc32)[C@@H](CN2CCCC2=O)C[NH2+]1. The number of carbonyl (C=O) groups excluding carboxylic acids is 2. The number of hydrogen-bond acceptors (Lipinski definition) is 4. The highest BCUT2D eigenvalue weighted by molar-refractivity contribution is 5.97. The molecule has 0 bridgehead atoms. The highest BCUT2D eigenvalue weighted by Crippen LogP contribution is 2.39. The smallest absolute Gasteiger partial charge is 0.241 e. The van der Waals surface area contributed by atoms with Crippen LogP contribution >= 0.6 is 0 Å². The van der Waals surface area contributed by atoms with Crippen LogP contribution in [0.2, 0.25) is 0 Å². The van der Waals surface area contributed by atoms with E-state index >= 15 is 0 Å². The first-order valence-corrected chi connectivity index (χ1v) is 13.0. The Kier molecular flexibility index (Phi) is 6.64. The number of pyridine rings is 1. The average molecular weight is 477 g/mol. The number of rotatable bonds is 6. The van der Waals surface area contributed by atoms with E-state index in [1.54, 1.807) is 0 Å². The molecule has 0 saturated carbocycles. The van der Waals surface area contributed by atoms with Crippen molar-refractivity contribution < 1.29 is 14.9 Å². The van der Waals surface area contributed by atoms with Gasteiger partial charge in [-0.2, -0.15) is 0 Å². The van der Waals surface area contributed by atoms with E-state index in [-0.39, 0.29) is 23.3 Å². The van der Waals surface area contributed by atoms with Gasteiger partial charge in [0, 0.05) is 37.7 Å². The zero-order valence-electron chi connectivity index (χ0n) is 21.2. The van der Waals surface area contributed by atoms with E-state index in [1.807, 2.05) is 22.1 Å². The van der Waals surface area contributed by atoms with Crippen LogP contribution in [-0.2, 0) is 21.4 Å². The third kappa shape index (κ3) is 5.11. The van der Waals surface area contributed by atoms with Crippen molar-refractivity contribution in [1.29, 1.82) is 0 Å². The first-order valence-electron chi connectivity index (χ1n) is 13.0. The Morgan fingerprint density at radius 3 is 2.74 bits per heavy atom. The highest BCUT2D eigenvalue weighted by Gasteiger charge is 2.41. The van der Waals surface area contributed by atoms with Gasteiger partial charge in [0.2, 0.25) is 11.8 Å². The van der Waals surface area contributed by atoms with Crippen molar-refractivity contribution in [2.75, 3.05) is 44.2 Å². The normalized spacial score (nSPS) is 24.1. The van der Waals surface area contributed by atoms with E-state index in [4.69, 9.17) is 4.98 Å². The van der Waals surface area contributed by atoms with Gasteiger partial charge >= 0.3 is 0 Å². The first-order chi connectivity index (χ1) is 16.8. The number of amides is 2. The highest BCUT2D eigenvalue weighted by atomic mass is 16.2. The van der Waals surface area contributed by atoms with E-state index in [0.29, 0.717) is 25.6 Å². The molecule has 7 heteroatoms. The van der Waals surface area contributed by atoms with E-state index < -0.39 is 0 Å². The van der Waals surface area contributed by atoms with Gasteiger partial charge in [0.25, 0.3) is 0 Å². The predicted molar refractivity (Wildman–Crippen MR) is 136 cm³/mol. The van der Waals surface area contributed by atoms with Crippen LogP contribution < -0.4 is 10.2 Å². The second-order valence-electron chi connectivity index (χ2n) is 11.2. The van der Waals surface area contributed by atoms with E-state index in [0.717, 1.165) is 56.0 Å². The maximum atomic E-state index is 13.8. The third-order valence-corrected chi connectivity index (χ3v) is 7.75. The maximum absolute atomic E-state index is 13.8. The summed E-state index contributed by atoms with van der Waals surface area (Å²) in [5.41, 5.74) is 4.14. The van der Waals surface area contributed by atoms with Gasteiger partial charge in [-0.15, -0.1) is 0 Å². The molecule has 2 amide bonds. The van der Waals surface area contributed by atoms with Gasteiger partial charge in [0.1, 0.15) is 0 Å². The number of aromatic nitrogens is 1. The van der Waals surface area contributed by atoms with Crippen LogP contribution in [0.15, 0.2) is 42.6 Å². The molecule has 0 aliphatic carbocycles. The molecule has 3 aliphatic rings. The van der Waals surface area contributed by atoms with Crippen molar-refractivity contribution in [2.45, 2.75) is 57.5 Å². The molecular weight excluding hydrogens is 438 g/mol. The molecule has 2 N–H and O–H groups in total. The quantitative estimate of drug-likeness (QED) is 0.687. The minimum atomic E-state index is -0.180. The molecule has 7 nitrogen and oxygen atoms in total. The number of benzene rings is 1. The fraction of sp³-hybridized carbons (Fsp3) is 0.536. The molecule has 1 aromatic carbocycles. The fourth-order valence-electron chi connectivity index (χ4n) is 5.85. The molecular formula is C28H38N5O2+. The van der Waals surface area contributed by atoms with Crippen molar-refractivity contribution in [3.05, 3.63) is 59.4 Å². The number of carbonyl (C=O) groups is 2. The van der Waals surface area contributed by atoms with Crippen LogP contribution in [0.5, 0.6) is 0 Å². The number of anilines is 1. The summed E-state index contributed by atoms with van der Waals surface area (Å²) in [7, 11) is 0. The van der Waals surface area contributed by atoms with Crippen LogP contribution in [0.1, 0.15) is 50.4 Å². The topological polar surface area (TPSA) is 73.4 Å². The second-order valence-corrected chi connectivity index (χ2v) is 11.2. The van der Waals surface area contributed by atoms with Gasteiger partial charge in [0.05, 0.1) is 43.1 Å². The molecule has 186 valence electrons. The zero-order valence-corrected chi connectivity index (χ0v) is 21.2. The Labute approximate surface area is 208 Å². The minimum absolute atomic E-state index is 0.127. The van der Waals surface area contributed by atoms with Crippen molar-refractivity contribution >= 4 is 17.5 Å². The predicted octanol–water partition coefficient (Wildman–Crippen LogP) is 1.56. The lowest BCUT2D eigenvalue weighted by molar-refractivity contribution is -0.700. The van der Waals surface area contributed by atoms with Crippen molar-refractivity contribution in [2.24, 2.45) is 0 Å². The lowest BCUT2D eigenvalue weighted by atomic mass is 9.91. The number of piperazine rings is 1. The van der Waals surface area contributed by atoms with Crippen LogP contribution in [-0.4, -0.2) is 78.0 Å². The average Bonchev–Trinajstić information content (AvgIpc) is 3.35. The Hall–Kier alpha value is -2.77. The van der Waals surface area contributed by atoms with E-state index in [2.05, 4.69) is 61.3 Å². The van der Waals surface area contributed by atoms with Gasteiger partial charge in [-0.1, -0.05) is 44.2 Å². The molecule has 5 rings (SSSR count). The molecule has 0 radical (unpaired) electrons. The van der Waals surface area contributed by atoms with Gasteiger partial charge in [-0.25, -0.2) is 0 Å². The van der Waals surface area contributed by atoms with Gasteiger partial charge in [-0.05, 0) is 37.0 Å². The molecule has 0 spiro atoms. The van der Waals surface area contributed by atoms with Crippen LogP contribution in [0.4, 0.5) is 5.69 Å². The number of hydrogen-bond donors (Lipinski definition) is 1. The summed E-state index contributed by atoms with van der Waals surface area (Å²) in [6.45, 7) is 10.9. The monoisotopic (exact) mass is 476 g/mol. The summed E-state index contributed by atoms with van der Waals surface area (Å²) in [4.78, 5) is 37.1. The molecule has 35 heavy (non-hydrogen) atoms. The molecule has 2 saturated heterocycles. The maximum Gasteiger partial charge on any atom is 0.241 e. The molecule has 1 aromatic heterocycles. The first kappa shape index (κ1) is 23.9. The summed E-state index contributed by atoms with van der Waals surface area (Å²) >= 11 is 0. The largest absolute Gasteiger partial charge is 0.342 e. The number of likely N-dealkylation sites (tertiary alicyclic amines) is 1. The molecule has 0 unspecified atom stereocenters. The number of nitrogens with zero attached hydrogens (tertiary/aromatic N) is 4. The van der Waals surface area contributed by atoms with Crippen molar-refractivity contribution in [3.63, 3.8) is 0 Å². The molecule has 2 atom stereocenters. The lowest BCUT2D eigenvalue weighted by Gasteiger charge is -2.38. The number of fused-ring (bicyclic) bond motifs is 1. The standard InChI is InChI=1S/C28H37N5O2/c1-20-16-32(23(15-29-20)17-31-11-7-10-25(31)34)18-26(35)33-19-28(2,3)27-24(33)13-22(14-30-27)12-21-8-5-4-6-9-21/h4-6,8-9,13-14,20,23,29H,7,10-12,15-19H2,1-3H3/p+1/t20-,23-/m1/s1. The summed E-state index contributed by atoms with van der Waals surface area (Å²) in [6, 6.07) is 13.2. The van der Waals surface area contributed by atoms with Gasteiger partial charge < -0.3 is 15.1 Å². The van der Waals surface area contributed by atoms with E-state index in [1.165, 1.54) is 5.56 Å². The van der Waals surface area contributed by atoms with Crippen LogP contribution in [0, 0.1) is 0 Å². The molecule has 3 aliphatic heterocycles. The summed E-state index contributed by atoms with van der Waals surface area (Å²) in [5, 5.41) is 2.35. The Bertz CT molecular complexity index is 1090. The summed E-state index contributed by atoms with van der Waals surface area (Å²) < 4.78 is 0. The Morgan fingerprint density at radius 1 is 1.20 bits per heavy atom. The molecule has 2 aromatic rings. The third-order valence-electron chi connectivity index (χ3n) is 7.75. The Morgan fingerprint density at radius 2 is 2.00 bits per heavy atom. The molecule has 4 heterocycles. The van der Waals surface area contributed by atoms with E-state index in [9.17, 15) is 9.59 Å². The van der Waals surface area contributed by atoms with Gasteiger partial charge in [0.15, 0.2) is 0 Å². The van der Waals surface area contributed by atoms with Crippen molar-refractivity contribution in [1.82, 2.24) is 14.8 Å². The number of quaternary nitrogens is 1. The molecule has 2 fully saturated rings. The van der Waals surface area contributed by atoms with Crippen LogP contribution in [0.25, 0.3) is 0 Å². The van der Waals surface area contributed by atoms with Crippen molar-refractivity contribution in [3.8, 4) is 0 Å². The minimum Gasteiger partial charge on any atom is -0.342 e. The second kappa shape index (κ2) is 9.70. The summed E-state index contributed by atoms with van der Waals surface area (Å²) in [6.07, 6.45) is 4.37. The fourth-order valence-corrected chi connectivity index (χ4v) is 5.85. The number of nitrogens with two attached hydrogens (primary N) is 1. The van der Waals surface area contributed by atoms with Crippen LogP contribution in [0.3, 0.4) is 0 Å². The Balaban J connectivity index is 1.34. The lowest BCUT2D eigenvalue weighted by Crippen LogP contribution is -2.96. The zero-order chi connectivity index (χ0) is 24.6. The summed E-state index contributed by atoms with van der Waals surface area (Å²) in [5.74, 6) is 0.379. The van der Waals surface area contributed by atoms with Gasteiger partial charge in [-0.3, -0.25) is 19.5 Å².